The second kappa shape index (κ2) is 10.7. The minimum Gasteiger partial charge on any atom is -0.370 e. The summed E-state index contributed by atoms with van der Waals surface area (Å²) >= 11 is 0. The van der Waals surface area contributed by atoms with Crippen molar-refractivity contribution in [2.75, 3.05) is 26.2 Å². The van der Waals surface area contributed by atoms with Crippen LogP contribution in [0.15, 0.2) is 59.6 Å². The summed E-state index contributed by atoms with van der Waals surface area (Å²) in [6.45, 7) is 1.84. The molecule has 9 heteroatoms. The van der Waals surface area contributed by atoms with Crippen molar-refractivity contribution in [2.24, 2.45) is 27.9 Å². The lowest BCUT2D eigenvalue weighted by Gasteiger charge is -2.42. The van der Waals surface area contributed by atoms with E-state index in [-0.39, 0.29) is 30.4 Å². The quantitative estimate of drug-likeness (QED) is 0.328. The standard InChI is InChI=1S/C23H31N7O2/c24-20(13-17-6-8-18(9-7-17)28-23(26)27)22(32)30-11-10-29(15-21(25)31)14-19(30)12-16-4-2-1-3-5-16/h1-9,19-20H,10-15,24H2,(H2,25,31)(H4,26,27,28)/t19?,20-/m0/s1. The third-order valence-corrected chi connectivity index (χ3v) is 5.51. The first kappa shape index (κ1) is 23.2. The van der Waals surface area contributed by atoms with Gasteiger partial charge in [0.2, 0.25) is 11.8 Å². The first-order valence-electron chi connectivity index (χ1n) is 10.6. The van der Waals surface area contributed by atoms with Crippen LogP contribution in [-0.4, -0.2) is 65.8 Å². The zero-order chi connectivity index (χ0) is 23.1. The maximum absolute atomic E-state index is 13.3. The number of piperazine rings is 1. The molecule has 2 aromatic rings. The van der Waals surface area contributed by atoms with E-state index in [1.165, 1.54) is 0 Å². The third kappa shape index (κ3) is 6.53. The predicted molar refractivity (Wildman–Crippen MR) is 125 cm³/mol. The largest absolute Gasteiger partial charge is 0.370 e. The normalized spacial score (nSPS) is 17.5. The van der Waals surface area contributed by atoms with Gasteiger partial charge in [0, 0.05) is 25.7 Å². The van der Waals surface area contributed by atoms with Gasteiger partial charge in [0.25, 0.3) is 0 Å². The number of carbonyl (C=O) groups excluding carboxylic acids is 2. The lowest BCUT2D eigenvalue weighted by molar-refractivity contribution is -0.137. The topological polar surface area (TPSA) is 157 Å². The molecule has 0 aliphatic carbocycles. The van der Waals surface area contributed by atoms with E-state index in [0.717, 1.165) is 11.1 Å². The molecule has 1 aliphatic heterocycles. The van der Waals surface area contributed by atoms with E-state index in [2.05, 4.69) is 4.99 Å². The Morgan fingerprint density at radius 1 is 0.969 bits per heavy atom. The fourth-order valence-corrected chi connectivity index (χ4v) is 4.04. The van der Waals surface area contributed by atoms with Gasteiger partial charge in [0.05, 0.1) is 18.3 Å². The number of rotatable bonds is 8. The highest BCUT2D eigenvalue weighted by molar-refractivity contribution is 5.83. The van der Waals surface area contributed by atoms with Gasteiger partial charge in [-0.2, -0.15) is 0 Å². The fourth-order valence-electron chi connectivity index (χ4n) is 4.04. The Balaban J connectivity index is 1.70. The number of guanidine groups is 1. The van der Waals surface area contributed by atoms with Crippen LogP contribution in [0.2, 0.25) is 0 Å². The van der Waals surface area contributed by atoms with Gasteiger partial charge in [-0.1, -0.05) is 42.5 Å². The van der Waals surface area contributed by atoms with Crippen molar-refractivity contribution in [2.45, 2.75) is 24.9 Å². The summed E-state index contributed by atoms with van der Waals surface area (Å²) in [4.78, 5) is 32.5. The van der Waals surface area contributed by atoms with E-state index in [1.807, 2.05) is 52.3 Å². The Morgan fingerprint density at radius 2 is 1.66 bits per heavy atom. The molecule has 1 fully saturated rings. The van der Waals surface area contributed by atoms with Crippen LogP contribution in [0, 0.1) is 0 Å². The second-order valence-electron chi connectivity index (χ2n) is 8.09. The van der Waals surface area contributed by atoms with E-state index >= 15 is 0 Å². The molecule has 8 N–H and O–H groups in total. The molecule has 1 aliphatic rings. The molecule has 9 nitrogen and oxygen atoms in total. The van der Waals surface area contributed by atoms with Gasteiger partial charge in [-0.15, -0.1) is 0 Å². The Hall–Kier alpha value is -3.43. The zero-order valence-corrected chi connectivity index (χ0v) is 18.1. The lowest BCUT2D eigenvalue weighted by atomic mass is 9.99. The number of carbonyl (C=O) groups is 2. The maximum Gasteiger partial charge on any atom is 0.240 e. The van der Waals surface area contributed by atoms with Crippen molar-refractivity contribution in [3.8, 4) is 0 Å². The van der Waals surface area contributed by atoms with Gasteiger partial charge in [0.1, 0.15) is 0 Å². The van der Waals surface area contributed by atoms with Crippen LogP contribution in [0.5, 0.6) is 0 Å². The molecule has 1 saturated heterocycles. The number of nitrogens with two attached hydrogens (primary N) is 4. The van der Waals surface area contributed by atoms with E-state index < -0.39 is 6.04 Å². The highest BCUT2D eigenvalue weighted by Crippen LogP contribution is 2.18. The van der Waals surface area contributed by atoms with Gasteiger partial charge in [-0.25, -0.2) is 4.99 Å². The van der Waals surface area contributed by atoms with Gasteiger partial charge >= 0.3 is 0 Å². The van der Waals surface area contributed by atoms with Crippen LogP contribution in [0.25, 0.3) is 0 Å². The SMILES string of the molecule is NC(=O)CN1CCN(C(=O)[C@@H](N)Cc2ccc(N=C(N)N)cc2)C(Cc2ccccc2)C1. The molecular weight excluding hydrogens is 406 g/mol. The van der Waals surface area contributed by atoms with Crippen LogP contribution in [0.3, 0.4) is 0 Å². The molecule has 2 aromatic carbocycles. The smallest absolute Gasteiger partial charge is 0.240 e. The van der Waals surface area contributed by atoms with Crippen molar-refractivity contribution in [1.29, 1.82) is 0 Å². The first-order chi connectivity index (χ1) is 15.3. The average Bonchev–Trinajstić information content (AvgIpc) is 2.75. The number of hydrogen-bond acceptors (Lipinski definition) is 5. The second-order valence-corrected chi connectivity index (χ2v) is 8.09. The van der Waals surface area contributed by atoms with Crippen molar-refractivity contribution in [3.63, 3.8) is 0 Å². The van der Waals surface area contributed by atoms with Gasteiger partial charge in [0.15, 0.2) is 5.96 Å². The average molecular weight is 438 g/mol. The summed E-state index contributed by atoms with van der Waals surface area (Å²) < 4.78 is 0. The third-order valence-electron chi connectivity index (χ3n) is 5.51. The summed E-state index contributed by atoms with van der Waals surface area (Å²) in [7, 11) is 0. The summed E-state index contributed by atoms with van der Waals surface area (Å²) in [6, 6.07) is 16.5. The number of nitrogens with zero attached hydrogens (tertiary/aromatic N) is 3. The van der Waals surface area contributed by atoms with Gasteiger partial charge in [-0.05, 0) is 36.1 Å². The Morgan fingerprint density at radius 3 is 2.28 bits per heavy atom. The molecule has 32 heavy (non-hydrogen) atoms. The van der Waals surface area contributed by atoms with Crippen molar-refractivity contribution in [3.05, 3.63) is 65.7 Å². The Kier molecular flexibility index (Phi) is 7.80. The molecule has 0 saturated carbocycles. The molecule has 3 rings (SSSR count). The number of aliphatic imine (C=N–C) groups is 1. The van der Waals surface area contributed by atoms with E-state index in [4.69, 9.17) is 22.9 Å². The Bertz CT molecular complexity index is 943. The van der Waals surface area contributed by atoms with Crippen LogP contribution in [0.1, 0.15) is 11.1 Å². The fraction of sp³-hybridized carbons (Fsp3) is 0.348. The van der Waals surface area contributed by atoms with E-state index in [1.54, 1.807) is 12.1 Å². The number of primary amides is 1. The summed E-state index contributed by atoms with van der Waals surface area (Å²) in [5, 5.41) is 0. The molecule has 1 unspecified atom stereocenters. The van der Waals surface area contributed by atoms with Gasteiger partial charge < -0.3 is 27.8 Å². The molecular formula is C23H31N7O2. The molecule has 0 radical (unpaired) electrons. The number of hydrogen-bond donors (Lipinski definition) is 4. The number of benzene rings is 2. The summed E-state index contributed by atoms with van der Waals surface area (Å²) in [6.07, 6.45) is 1.09. The van der Waals surface area contributed by atoms with Crippen molar-refractivity contribution < 1.29 is 9.59 Å². The number of amides is 2. The van der Waals surface area contributed by atoms with Crippen LogP contribution in [0.4, 0.5) is 5.69 Å². The Labute approximate surface area is 188 Å². The molecule has 0 aromatic heterocycles. The van der Waals surface area contributed by atoms with Crippen molar-refractivity contribution in [1.82, 2.24) is 9.80 Å². The highest BCUT2D eigenvalue weighted by Gasteiger charge is 2.33. The summed E-state index contributed by atoms with van der Waals surface area (Å²) in [5.41, 5.74) is 25.2. The predicted octanol–water partition coefficient (Wildman–Crippen LogP) is -0.298. The minimum absolute atomic E-state index is 0.00966. The van der Waals surface area contributed by atoms with Gasteiger partial charge in [-0.3, -0.25) is 14.5 Å². The van der Waals surface area contributed by atoms with Crippen molar-refractivity contribution >= 4 is 23.5 Å². The monoisotopic (exact) mass is 437 g/mol. The highest BCUT2D eigenvalue weighted by atomic mass is 16.2. The first-order valence-corrected chi connectivity index (χ1v) is 10.6. The molecule has 170 valence electrons. The molecule has 0 bridgehead atoms. The lowest BCUT2D eigenvalue weighted by Crippen LogP contribution is -2.60. The molecule has 1 heterocycles. The van der Waals surface area contributed by atoms with Crippen LogP contribution < -0.4 is 22.9 Å². The van der Waals surface area contributed by atoms with E-state index in [0.29, 0.717) is 38.2 Å². The maximum atomic E-state index is 13.3. The minimum atomic E-state index is -0.676. The molecule has 2 amide bonds. The van der Waals surface area contributed by atoms with Crippen LogP contribution in [-0.2, 0) is 22.4 Å². The zero-order valence-electron chi connectivity index (χ0n) is 18.1. The van der Waals surface area contributed by atoms with E-state index in [9.17, 15) is 9.59 Å². The molecule has 2 atom stereocenters. The van der Waals surface area contributed by atoms with Crippen LogP contribution >= 0.6 is 0 Å². The molecule has 0 spiro atoms. The summed E-state index contributed by atoms with van der Waals surface area (Å²) in [5.74, 6) is -0.480.